The zero-order valence-corrected chi connectivity index (χ0v) is 28.5. The molecule has 1 atom stereocenters. The summed E-state index contributed by atoms with van der Waals surface area (Å²) in [6, 6.07) is 12.1. The number of hydrogen-bond donors (Lipinski definition) is 2. The molecule has 0 aliphatic heterocycles. The molecule has 13 heteroatoms. The Bertz CT molecular complexity index is 1500. The number of hydrogen-bond acceptors (Lipinski definition) is 7. The highest BCUT2D eigenvalue weighted by Crippen LogP contribution is 2.33. The van der Waals surface area contributed by atoms with Gasteiger partial charge < -0.3 is 24.8 Å². The SMILES string of the molecule is CCOC(=O)C(CC)(CCOCCNC(=O)OC(C)(C)C)NC(=O)c1nn(-c2ccc(Cl)cc2Cl)c(-c2ccc(Cl)cc2)c1C. The summed E-state index contributed by atoms with van der Waals surface area (Å²) >= 11 is 18.9. The monoisotopic (exact) mass is 680 g/mol. The van der Waals surface area contributed by atoms with E-state index in [9.17, 15) is 14.4 Å². The second kappa shape index (κ2) is 15.8. The van der Waals surface area contributed by atoms with Gasteiger partial charge in [-0.1, -0.05) is 53.9 Å². The van der Waals surface area contributed by atoms with E-state index in [1.807, 2.05) is 12.1 Å². The van der Waals surface area contributed by atoms with Gasteiger partial charge in [-0.2, -0.15) is 5.10 Å². The van der Waals surface area contributed by atoms with Gasteiger partial charge in [0.25, 0.3) is 5.91 Å². The van der Waals surface area contributed by atoms with E-state index in [-0.39, 0.29) is 44.9 Å². The molecule has 0 aliphatic carbocycles. The van der Waals surface area contributed by atoms with Crippen molar-refractivity contribution in [2.24, 2.45) is 0 Å². The molecule has 0 aliphatic rings. The standard InChI is InChI=1S/C32H39Cl3N4O6/c1-7-32(29(41)44-8-2,15-17-43-18-16-36-30(42)45-31(4,5)6)37-28(40)26-20(3)27(21-9-11-22(33)12-10-21)39(38-26)25-14-13-23(34)19-24(25)35/h9-14,19H,7-8,15-18H2,1-6H3,(H,36,42)(H,37,40). The summed E-state index contributed by atoms with van der Waals surface area (Å²) in [5, 5.41) is 11.5. The van der Waals surface area contributed by atoms with Crippen molar-refractivity contribution in [2.45, 2.75) is 65.5 Å². The van der Waals surface area contributed by atoms with E-state index in [1.54, 1.807) is 76.6 Å². The predicted octanol–water partition coefficient (Wildman–Crippen LogP) is 7.18. The third-order valence-corrected chi connectivity index (χ3v) is 7.59. The molecule has 3 aromatic rings. The zero-order chi connectivity index (χ0) is 33.4. The Labute approximate surface area is 278 Å². The van der Waals surface area contributed by atoms with Crippen LogP contribution in [0.4, 0.5) is 4.79 Å². The van der Waals surface area contributed by atoms with Crippen LogP contribution >= 0.6 is 34.8 Å². The lowest BCUT2D eigenvalue weighted by Gasteiger charge is -2.31. The number of benzene rings is 2. The van der Waals surface area contributed by atoms with Crippen LogP contribution in [-0.2, 0) is 19.0 Å². The van der Waals surface area contributed by atoms with Crippen molar-refractivity contribution in [3.63, 3.8) is 0 Å². The molecule has 1 unspecified atom stereocenters. The maximum Gasteiger partial charge on any atom is 0.407 e. The summed E-state index contributed by atoms with van der Waals surface area (Å²) in [7, 11) is 0. The first-order valence-corrected chi connectivity index (χ1v) is 15.7. The van der Waals surface area contributed by atoms with Gasteiger partial charge in [-0.3, -0.25) is 4.79 Å². The quantitative estimate of drug-likeness (QED) is 0.145. The van der Waals surface area contributed by atoms with Gasteiger partial charge in [0.2, 0.25) is 0 Å². The van der Waals surface area contributed by atoms with E-state index in [1.165, 1.54) is 0 Å². The van der Waals surface area contributed by atoms with Gasteiger partial charge in [0.1, 0.15) is 11.1 Å². The Kier molecular flexibility index (Phi) is 12.7. The van der Waals surface area contributed by atoms with Crippen LogP contribution in [-0.4, -0.2) is 65.3 Å². The number of halogens is 3. The molecule has 244 valence electrons. The minimum absolute atomic E-state index is 0.0931. The van der Waals surface area contributed by atoms with Crippen LogP contribution in [0.3, 0.4) is 0 Å². The number of nitrogens with zero attached hydrogens (tertiary/aromatic N) is 2. The summed E-state index contributed by atoms with van der Waals surface area (Å²) in [5.41, 5.74) is 0.493. The fourth-order valence-electron chi connectivity index (χ4n) is 4.54. The van der Waals surface area contributed by atoms with Crippen LogP contribution in [0.1, 0.15) is 63.5 Å². The van der Waals surface area contributed by atoms with Crippen LogP contribution in [0, 0.1) is 6.92 Å². The molecule has 0 radical (unpaired) electrons. The average molecular weight is 682 g/mol. The fourth-order valence-corrected chi connectivity index (χ4v) is 5.16. The molecule has 10 nitrogen and oxygen atoms in total. The molecule has 2 N–H and O–H groups in total. The highest BCUT2D eigenvalue weighted by molar-refractivity contribution is 6.35. The number of carbonyl (C=O) groups excluding carboxylic acids is 3. The van der Waals surface area contributed by atoms with Crippen LogP contribution in [0.15, 0.2) is 42.5 Å². The lowest BCUT2D eigenvalue weighted by Crippen LogP contribution is -2.55. The molecule has 0 bridgehead atoms. The molecule has 45 heavy (non-hydrogen) atoms. The molecule has 2 amide bonds. The number of ether oxygens (including phenoxy) is 3. The first-order valence-electron chi connectivity index (χ1n) is 14.6. The Morgan fingerprint density at radius 3 is 2.22 bits per heavy atom. The smallest absolute Gasteiger partial charge is 0.407 e. The van der Waals surface area contributed by atoms with Gasteiger partial charge in [0.05, 0.1) is 29.6 Å². The third kappa shape index (κ3) is 9.59. The summed E-state index contributed by atoms with van der Waals surface area (Å²) in [6.07, 6.45) is -0.211. The minimum Gasteiger partial charge on any atom is -0.464 e. The lowest BCUT2D eigenvalue weighted by atomic mass is 9.91. The number of carbonyl (C=O) groups is 3. The summed E-state index contributed by atoms with van der Waals surface area (Å²) < 4.78 is 17.9. The van der Waals surface area contributed by atoms with Crippen LogP contribution in [0.25, 0.3) is 16.9 Å². The lowest BCUT2D eigenvalue weighted by molar-refractivity contribution is -0.152. The topological polar surface area (TPSA) is 121 Å². The molecule has 0 saturated carbocycles. The first-order chi connectivity index (χ1) is 21.2. The van der Waals surface area contributed by atoms with Crippen molar-refractivity contribution >= 4 is 52.8 Å². The van der Waals surface area contributed by atoms with E-state index >= 15 is 0 Å². The fraction of sp³-hybridized carbons (Fsp3) is 0.438. The van der Waals surface area contributed by atoms with E-state index in [4.69, 9.17) is 49.0 Å². The summed E-state index contributed by atoms with van der Waals surface area (Å²) in [5.74, 6) is -1.17. The maximum atomic E-state index is 13.9. The van der Waals surface area contributed by atoms with E-state index in [0.717, 1.165) is 5.56 Å². The molecule has 0 spiro atoms. The van der Waals surface area contributed by atoms with Crippen molar-refractivity contribution in [3.8, 4) is 16.9 Å². The van der Waals surface area contributed by atoms with Crippen LogP contribution in [0.5, 0.6) is 0 Å². The van der Waals surface area contributed by atoms with Crippen LogP contribution in [0.2, 0.25) is 15.1 Å². The zero-order valence-electron chi connectivity index (χ0n) is 26.3. The normalized spacial score (nSPS) is 12.7. The molecular formula is C32H39Cl3N4O6. The van der Waals surface area contributed by atoms with Crippen molar-refractivity contribution in [1.29, 1.82) is 0 Å². The second-order valence-corrected chi connectivity index (χ2v) is 12.5. The van der Waals surface area contributed by atoms with Gasteiger partial charge in [-0.15, -0.1) is 0 Å². The van der Waals surface area contributed by atoms with Crippen molar-refractivity contribution in [1.82, 2.24) is 20.4 Å². The van der Waals surface area contributed by atoms with Crippen molar-refractivity contribution < 1.29 is 28.6 Å². The predicted molar refractivity (Wildman–Crippen MR) is 176 cm³/mol. The number of amides is 2. The number of alkyl carbamates (subject to hydrolysis) is 1. The van der Waals surface area contributed by atoms with Crippen molar-refractivity contribution in [2.75, 3.05) is 26.4 Å². The highest BCUT2D eigenvalue weighted by atomic mass is 35.5. The molecule has 0 saturated heterocycles. The minimum atomic E-state index is -1.40. The molecule has 2 aromatic carbocycles. The Morgan fingerprint density at radius 2 is 1.62 bits per heavy atom. The van der Waals surface area contributed by atoms with E-state index in [0.29, 0.717) is 32.0 Å². The first kappa shape index (κ1) is 36.2. The van der Waals surface area contributed by atoms with Gasteiger partial charge in [0, 0.05) is 40.7 Å². The molecule has 0 fully saturated rings. The number of nitrogens with one attached hydrogen (secondary N) is 2. The number of esters is 1. The van der Waals surface area contributed by atoms with Gasteiger partial charge >= 0.3 is 12.1 Å². The number of aromatic nitrogens is 2. The number of rotatable bonds is 13. The van der Waals surface area contributed by atoms with Crippen LogP contribution < -0.4 is 10.6 Å². The Morgan fingerprint density at radius 1 is 0.956 bits per heavy atom. The van der Waals surface area contributed by atoms with Gasteiger partial charge in [0.15, 0.2) is 5.69 Å². The summed E-state index contributed by atoms with van der Waals surface area (Å²) in [4.78, 5) is 39.1. The largest absolute Gasteiger partial charge is 0.464 e. The molecule has 1 heterocycles. The highest BCUT2D eigenvalue weighted by Gasteiger charge is 2.41. The van der Waals surface area contributed by atoms with Gasteiger partial charge in [-0.05, 0) is 71.4 Å². The maximum absolute atomic E-state index is 13.9. The molecule has 1 aromatic heterocycles. The Balaban J connectivity index is 1.88. The van der Waals surface area contributed by atoms with Crippen molar-refractivity contribution in [3.05, 3.63) is 68.8 Å². The molecular weight excluding hydrogens is 643 g/mol. The second-order valence-electron chi connectivity index (χ2n) is 11.2. The average Bonchev–Trinajstić information content (AvgIpc) is 3.30. The summed E-state index contributed by atoms with van der Waals surface area (Å²) in [6.45, 7) is 11.2. The third-order valence-electron chi connectivity index (χ3n) is 6.80. The van der Waals surface area contributed by atoms with E-state index < -0.39 is 29.1 Å². The van der Waals surface area contributed by atoms with Gasteiger partial charge in [-0.25, -0.2) is 14.3 Å². The molecule has 3 rings (SSSR count). The van der Waals surface area contributed by atoms with E-state index in [2.05, 4.69) is 15.7 Å². The Hall–Kier alpha value is -3.31.